The third kappa shape index (κ3) is 4.62. The van der Waals surface area contributed by atoms with Gasteiger partial charge in [0.2, 0.25) is 0 Å². The maximum absolute atomic E-state index is 13.1. The summed E-state index contributed by atoms with van der Waals surface area (Å²) in [6.07, 6.45) is 4.07. The van der Waals surface area contributed by atoms with Crippen molar-refractivity contribution in [2.24, 2.45) is 0 Å². The van der Waals surface area contributed by atoms with Gasteiger partial charge in [0.15, 0.2) is 5.69 Å². The van der Waals surface area contributed by atoms with Crippen molar-refractivity contribution in [3.05, 3.63) is 58.5 Å². The maximum atomic E-state index is 13.1. The first-order valence-electron chi connectivity index (χ1n) is 10.1. The normalized spacial score (nSPS) is 10.8. The van der Waals surface area contributed by atoms with Crippen molar-refractivity contribution in [3.8, 4) is 11.5 Å². The second kappa shape index (κ2) is 9.91. The Morgan fingerprint density at radius 2 is 1.80 bits per heavy atom. The molecular weight excluding hydrogens is 382 g/mol. The smallest absolute Gasteiger partial charge is 0.276 e. The van der Waals surface area contributed by atoms with Crippen molar-refractivity contribution in [1.29, 1.82) is 0 Å². The van der Waals surface area contributed by atoms with Gasteiger partial charge in [-0.1, -0.05) is 44.4 Å². The second-order valence-corrected chi connectivity index (χ2v) is 7.00. The number of anilines is 1. The first-order chi connectivity index (χ1) is 14.6. The number of methoxy groups -OCH3 is 2. The number of nitrogens with one attached hydrogen (secondary N) is 1. The number of unbranched alkanes of at least 4 members (excludes halogenated alkanes) is 3. The predicted octanol–water partition coefficient (Wildman–Crippen LogP) is 4.25. The monoisotopic (exact) mass is 409 g/mol. The largest absolute Gasteiger partial charge is 0.497 e. The number of carbonyl (C=O) groups is 1. The van der Waals surface area contributed by atoms with Gasteiger partial charge in [0.1, 0.15) is 11.5 Å². The zero-order valence-electron chi connectivity index (χ0n) is 17.6. The number of benzene rings is 2. The minimum Gasteiger partial charge on any atom is -0.497 e. The molecule has 0 fully saturated rings. The molecule has 1 N–H and O–H groups in total. The SMILES string of the molecule is CCCCCCn1nc(C(=O)Nc2ccc(OC)cc2OC)c2ccccc2c1=O. The summed E-state index contributed by atoms with van der Waals surface area (Å²) >= 11 is 0. The van der Waals surface area contributed by atoms with Crippen molar-refractivity contribution in [1.82, 2.24) is 9.78 Å². The summed E-state index contributed by atoms with van der Waals surface area (Å²) in [6.45, 7) is 2.62. The quantitative estimate of drug-likeness (QED) is 0.534. The average Bonchev–Trinajstić information content (AvgIpc) is 2.78. The molecule has 3 aromatic rings. The van der Waals surface area contributed by atoms with Gasteiger partial charge < -0.3 is 14.8 Å². The van der Waals surface area contributed by atoms with Crippen LogP contribution in [0.1, 0.15) is 43.1 Å². The van der Waals surface area contributed by atoms with Crippen LogP contribution >= 0.6 is 0 Å². The Kier molecular flexibility index (Phi) is 7.06. The van der Waals surface area contributed by atoms with Gasteiger partial charge in [-0.05, 0) is 24.6 Å². The first-order valence-corrected chi connectivity index (χ1v) is 10.1. The molecule has 7 nitrogen and oxygen atoms in total. The highest BCUT2D eigenvalue weighted by Gasteiger charge is 2.18. The summed E-state index contributed by atoms with van der Waals surface area (Å²) in [7, 11) is 3.08. The van der Waals surface area contributed by atoms with Crippen LogP contribution in [0.4, 0.5) is 5.69 Å². The Morgan fingerprint density at radius 3 is 2.50 bits per heavy atom. The number of ether oxygens (including phenoxy) is 2. The number of nitrogens with zero attached hydrogens (tertiary/aromatic N) is 2. The molecule has 3 rings (SSSR count). The fourth-order valence-electron chi connectivity index (χ4n) is 3.33. The number of rotatable bonds is 9. The lowest BCUT2D eigenvalue weighted by Crippen LogP contribution is -2.27. The number of amides is 1. The van der Waals surface area contributed by atoms with E-state index in [1.807, 2.05) is 0 Å². The fourth-order valence-corrected chi connectivity index (χ4v) is 3.33. The molecule has 0 unspecified atom stereocenters. The molecule has 0 aliphatic carbocycles. The van der Waals surface area contributed by atoms with E-state index >= 15 is 0 Å². The zero-order valence-corrected chi connectivity index (χ0v) is 17.6. The number of fused-ring (bicyclic) bond motifs is 1. The van der Waals surface area contributed by atoms with Crippen molar-refractivity contribution in [3.63, 3.8) is 0 Å². The average molecular weight is 409 g/mol. The standard InChI is InChI=1S/C23H27N3O4/c1-4-5-6-9-14-26-23(28)18-11-8-7-10-17(18)21(25-26)22(27)24-19-13-12-16(29-2)15-20(19)30-3/h7-8,10-13,15H,4-6,9,14H2,1-3H3,(H,24,27). The van der Waals surface area contributed by atoms with Crippen molar-refractivity contribution in [2.45, 2.75) is 39.2 Å². The Labute approximate surface area is 175 Å². The summed E-state index contributed by atoms with van der Waals surface area (Å²) in [5.41, 5.74) is 0.522. The van der Waals surface area contributed by atoms with Gasteiger partial charge in [-0.3, -0.25) is 9.59 Å². The van der Waals surface area contributed by atoms with E-state index in [2.05, 4.69) is 17.3 Å². The van der Waals surface area contributed by atoms with E-state index in [0.717, 1.165) is 25.7 Å². The van der Waals surface area contributed by atoms with Crippen LogP contribution in [0.15, 0.2) is 47.3 Å². The van der Waals surface area contributed by atoms with Gasteiger partial charge in [0.05, 0.1) is 25.3 Å². The third-order valence-corrected chi connectivity index (χ3v) is 4.96. The summed E-state index contributed by atoms with van der Waals surface area (Å²) in [5.74, 6) is 0.686. The molecule has 1 heterocycles. The highest BCUT2D eigenvalue weighted by Crippen LogP contribution is 2.29. The summed E-state index contributed by atoms with van der Waals surface area (Å²) in [6, 6.07) is 12.2. The molecule has 0 saturated heterocycles. The van der Waals surface area contributed by atoms with E-state index in [4.69, 9.17) is 9.47 Å². The van der Waals surface area contributed by atoms with Gasteiger partial charge in [-0.15, -0.1) is 0 Å². The molecule has 2 aromatic carbocycles. The van der Waals surface area contributed by atoms with Crippen molar-refractivity contribution >= 4 is 22.4 Å². The molecule has 0 radical (unpaired) electrons. The summed E-state index contributed by atoms with van der Waals surface area (Å²) in [5, 5.41) is 8.26. The second-order valence-electron chi connectivity index (χ2n) is 7.00. The van der Waals surface area contributed by atoms with Crippen molar-refractivity contribution in [2.75, 3.05) is 19.5 Å². The number of aryl methyl sites for hydroxylation is 1. The lowest BCUT2D eigenvalue weighted by atomic mass is 10.1. The van der Waals surface area contributed by atoms with Crippen LogP contribution in [0.2, 0.25) is 0 Å². The Bertz CT molecular complexity index is 1090. The molecule has 0 atom stereocenters. The molecule has 7 heteroatoms. The summed E-state index contributed by atoms with van der Waals surface area (Å²) < 4.78 is 12.0. The molecule has 0 spiro atoms. The molecule has 158 valence electrons. The van der Waals surface area contributed by atoms with E-state index < -0.39 is 5.91 Å². The number of carbonyl (C=O) groups excluding carboxylic acids is 1. The van der Waals surface area contributed by atoms with Crippen LogP contribution in [0.5, 0.6) is 11.5 Å². The molecule has 0 aliphatic heterocycles. The van der Waals surface area contributed by atoms with Gasteiger partial charge in [0, 0.05) is 18.0 Å². The van der Waals surface area contributed by atoms with Crippen molar-refractivity contribution < 1.29 is 14.3 Å². The lowest BCUT2D eigenvalue weighted by Gasteiger charge is -2.13. The first kappa shape index (κ1) is 21.4. The Balaban J connectivity index is 1.97. The van der Waals surface area contributed by atoms with E-state index in [1.165, 1.54) is 11.8 Å². The third-order valence-electron chi connectivity index (χ3n) is 4.96. The van der Waals surface area contributed by atoms with E-state index in [-0.39, 0.29) is 11.3 Å². The molecular formula is C23H27N3O4. The van der Waals surface area contributed by atoms with E-state index in [0.29, 0.717) is 34.5 Å². The van der Waals surface area contributed by atoms with Crippen LogP contribution in [0.3, 0.4) is 0 Å². The Morgan fingerprint density at radius 1 is 1.03 bits per heavy atom. The maximum Gasteiger partial charge on any atom is 0.276 e. The highest BCUT2D eigenvalue weighted by atomic mass is 16.5. The molecule has 1 aromatic heterocycles. The zero-order chi connectivity index (χ0) is 21.5. The minimum atomic E-state index is -0.406. The van der Waals surface area contributed by atoms with E-state index in [1.54, 1.807) is 49.6 Å². The highest BCUT2D eigenvalue weighted by molar-refractivity contribution is 6.11. The van der Waals surface area contributed by atoms with Gasteiger partial charge >= 0.3 is 0 Å². The number of aromatic nitrogens is 2. The van der Waals surface area contributed by atoms with Crippen LogP contribution in [0, 0.1) is 0 Å². The van der Waals surface area contributed by atoms with E-state index in [9.17, 15) is 9.59 Å². The molecule has 30 heavy (non-hydrogen) atoms. The fraction of sp³-hybridized carbons (Fsp3) is 0.348. The van der Waals surface area contributed by atoms with Gasteiger partial charge in [-0.2, -0.15) is 5.10 Å². The minimum absolute atomic E-state index is 0.180. The van der Waals surface area contributed by atoms with Gasteiger partial charge in [-0.25, -0.2) is 4.68 Å². The van der Waals surface area contributed by atoms with Gasteiger partial charge in [0.25, 0.3) is 11.5 Å². The van der Waals surface area contributed by atoms with Crippen LogP contribution < -0.4 is 20.3 Å². The van der Waals surface area contributed by atoms with Crippen LogP contribution in [0.25, 0.3) is 10.8 Å². The molecule has 0 aliphatic rings. The number of hydrogen-bond acceptors (Lipinski definition) is 5. The molecule has 0 saturated carbocycles. The topological polar surface area (TPSA) is 82.5 Å². The summed E-state index contributed by atoms with van der Waals surface area (Å²) in [4.78, 5) is 25.9. The molecule has 1 amide bonds. The van der Waals surface area contributed by atoms with Crippen LogP contribution in [-0.2, 0) is 6.54 Å². The lowest BCUT2D eigenvalue weighted by molar-refractivity contribution is 0.102. The number of hydrogen-bond donors (Lipinski definition) is 1. The molecule has 0 bridgehead atoms. The Hall–Kier alpha value is -3.35. The van der Waals surface area contributed by atoms with Crippen LogP contribution in [-0.4, -0.2) is 29.9 Å². The predicted molar refractivity (Wildman–Crippen MR) is 118 cm³/mol.